The number of hydrogen-bond acceptors (Lipinski definition) is 4. The van der Waals surface area contributed by atoms with E-state index >= 15 is 0 Å². The van der Waals surface area contributed by atoms with Crippen LogP contribution in [0.25, 0.3) is 0 Å². The second-order valence-electron chi connectivity index (χ2n) is 2.42. The summed E-state index contributed by atoms with van der Waals surface area (Å²) in [7, 11) is 0. The van der Waals surface area contributed by atoms with Crippen molar-refractivity contribution in [3.8, 4) is 5.75 Å². The molecule has 1 aromatic carbocycles. The van der Waals surface area contributed by atoms with E-state index in [1.165, 1.54) is 6.07 Å². The molecule has 0 saturated carbocycles. The molecule has 0 radical (unpaired) electrons. The van der Waals surface area contributed by atoms with Gasteiger partial charge in [0, 0.05) is 17.8 Å². The maximum atomic E-state index is 10.8. The Bertz CT molecular complexity index is 347. The van der Waals surface area contributed by atoms with E-state index in [0.717, 1.165) is 6.08 Å². The van der Waals surface area contributed by atoms with Crippen LogP contribution in [0.5, 0.6) is 5.75 Å². The van der Waals surface area contributed by atoms with Gasteiger partial charge in [-0.05, 0) is 12.1 Å². The molecule has 0 aliphatic heterocycles. The van der Waals surface area contributed by atoms with Crippen molar-refractivity contribution in [1.29, 1.82) is 0 Å². The molecule has 0 atom stereocenters. The number of hydrogen-bond donors (Lipinski definition) is 2. The van der Waals surface area contributed by atoms with Crippen molar-refractivity contribution in [3.05, 3.63) is 30.9 Å². The van der Waals surface area contributed by atoms with E-state index in [-0.39, 0.29) is 5.75 Å². The van der Waals surface area contributed by atoms with E-state index in [1.807, 2.05) is 0 Å². The van der Waals surface area contributed by atoms with Gasteiger partial charge in [-0.25, -0.2) is 4.79 Å². The van der Waals surface area contributed by atoms with Crippen molar-refractivity contribution in [2.24, 2.45) is 0 Å². The zero-order chi connectivity index (χ0) is 9.84. The summed E-state index contributed by atoms with van der Waals surface area (Å²) in [4.78, 5) is 10.8. The molecule has 0 bridgehead atoms. The van der Waals surface area contributed by atoms with Crippen molar-refractivity contribution < 1.29 is 9.53 Å². The molecular weight excluding hydrogens is 168 g/mol. The first kappa shape index (κ1) is 9.12. The van der Waals surface area contributed by atoms with Crippen LogP contribution in [0.4, 0.5) is 11.4 Å². The van der Waals surface area contributed by atoms with Crippen molar-refractivity contribution in [2.75, 3.05) is 11.5 Å². The topological polar surface area (TPSA) is 78.3 Å². The van der Waals surface area contributed by atoms with Gasteiger partial charge in [-0.1, -0.05) is 6.58 Å². The molecule has 0 aliphatic rings. The summed E-state index contributed by atoms with van der Waals surface area (Å²) < 4.78 is 4.81. The van der Waals surface area contributed by atoms with Crippen LogP contribution in [-0.4, -0.2) is 5.97 Å². The van der Waals surface area contributed by atoms with Gasteiger partial charge < -0.3 is 16.2 Å². The van der Waals surface area contributed by atoms with E-state index in [9.17, 15) is 4.79 Å². The molecule has 0 saturated heterocycles. The Balaban J connectivity index is 2.93. The number of esters is 1. The molecule has 68 valence electrons. The standard InChI is InChI=1S/C9H10N2O2/c1-2-9(12)13-8-5-6(10)3-4-7(8)11/h2-5H,1,10-11H2. The second kappa shape index (κ2) is 3.62. The number of rotatable bonds is 2. The molecule has 0 spiro atoms. The van der Waals surface area contributed by atoms with Gasteiger partial charge in [0.1, 0.15) is 0 Å². The average molecular weight is 178 g/mol. The number of benzene rings is 1. The molecule has 4 N–H and O–H groups in total. The molecule has 0 fully saturated rings. The van der Waals surface area contributed by atoms with Crippen molar-refractivity contribution in [1.82, 2.24) is 0 Å². The molecule has 4 heteroatoms. The van der Waals surface area contributed by atoms with Crippen molar-refractivity contribution in [3.63, 3.8) is 0 Å². The second-order valence-corrected chi connectivity index (χ2v) is 2.42. The van der Waals surface area contributed by atoms with E-state index in [1.54, 1.807) is 12.1 Å². The van der Waals surface area contributed by atoms with Crippen molar-refractivity contribution >= 4 is 17.3 Å². The molecule has 0 aliphatic carbocycles. The van der Waals surface area contributed by atoms with Gasteiger partial charge in [-0.2, -0.15) is 0 Å². The summed E-state index contributed by atoms with van der Waals surface area (Å²) >= 11 is 0. The number of carbonyl (C=O) groups is 1. The molecule has 1 aromatic rings. The fourth-order valence-electron chi connectivity index (χ4n) is 0.789. The predicted octanol–water partition coefficient (Wildman–Crippen LogP) is 0.942. The van der Waals surface area contributed by atoms with Crippen LogP contribution in [0.2, 0.25) is 0 Å². The van der Waals surface area contributed by atoms with Gasteiger partial charge in [0.2, 0.25) is 0 Å². The molecule has 4 nitrogen and oxygen atoms in total. The van der Waals surface area contributed by atoms with Crippen LogP contribution in [0.1, 0.15) is 0 Å². The minimum absolute atomic E-state index is 0.255. The van der Waals surface area contributed by atoms with Crippen LogP contribution in [-0.2, 0) is 4.79 Å². The molecule has 0 heterocycles. The SMILES string of the molecule is C=CC(=O)Oc1cc(N)ccc1N. The van der Waals surface area contributed by atoms with E-state index in [2.05, 4.69) is 6.58 Å². The van der Waals surface area contributed by atoms with E-state index in [0.29, 0.717) is 11.4 Å². The van der Waals surface area contributed by atoms with Crippen LogP contribution >= 0.6 is 0 Å². The Kier molecular flexibility index (Phi) is 2.54. The zero-order valence-corrected chi connectivity index (χ0v) is 6.99. The number of anilines is 2. The Morgan fingerprint density at radius 2 is 2.15 bits per heavy atom. The summed E-state index contributed by atoms with van der Waals surface area (Å²) in [5, 5.41) is 0. The summed E-state index contributed by atoms with van der Waals surface area (Å²) in [6.07, 6.45) is 1.06. The maximum Gasteiger partial charge on any atom is 0.335 e. The van der Waals surface area contributed by atoms with Gasteiger partial charge >= 0.3 is 5.97 Å². The highest BCUT2D eigenvalue weighted by atomic mass is 16.5. The lowest BCUT2D eigenvalue weighted by Gasteiger charge is -2.05. The number of carbonyl (C=O) groups excluding carboxylic acids is 1. The Labute approximate surface area is 75.8 Å². The molecule has 0 aromatic heterocycles. The first-order chi connectivity index (χ1) is 6.13. The van der Waals surface area contributed by atoms with Gasteiger partial charge in [0.15, 0.2) is 5.75 Å². The largest absolute Gasteiger partial charge is 0.421 e. The predicted molar refractivity (Wildman–Crippen MR) is 51.1 cm³/mol. The van der Waals surface area contributed by atoms with Crippen LogP contribution in [0.15, 0.2) is 30.9 Å². The Morgan fingerprint density at radius 1 is 1.46 bits per heavy atom. The van der Waals surface area contributed by atoms with Crippen LogP contribution in [0, 0.1) is 0 Å². The third kappa shape index (κ3) is 2.23. The minimum Gasteiger partial charge on any atom is -0.421 e. The first-order valence-electron chi connectivity index (χ1n) is 3.62. The third-order valence-corrected chi connectivity index (χ3v) is 1.41. The summed E-state index contributed by atoms with van der Waals surface area (Å²) in [5.74, 6) is -0.304. The van der Waals surface area contributed by atoms with Gasteiger partial charge in [0.25, 0.3) is 0 Å². The molecule has 0 amide bonds. The quantitative estimate of drug-likeness (QED) is 0.306. The minimum atomic E-state index is -0.558. The lowest BCUT2D eigenvalue weighted by Crippen LogP contribution is -2.05. The highest BCUT2D eigenvalue weighted by Crippen LogP contribution is 2.23. The Hall–Kier alpha value is -1.97. The monoisotopic (exact) mass is 178 g/mol. The molecule has 13 heavy (non-hydrogen) atoms. The van der Waals surface area contributed by atoms with Crippen molar-refractivity contribution in [2.45, 2.75) is 0 Å². The first-order valence-corrected chi connectivity index (χ1v) is 3.62. The number of nitrogens with two attached hydrogens (primary N) is 2. The molecule has 0 unspecified atom stereocenters. The maximum absolute atomic E-state index is 10.8. The van der Waals surface area contributed by atoms with Crippen LogP contribution in [0.3, 0.4) is 0 Å². The average Bonchev–Trinajstić information content (AvgIpc) is 2.11. The zero-order valence-electron chi connectivity index (χ0n) is 6.99. The normalized spacial score (nSPS) is 9.23. The highest BCUT2D eigenvalue weighted by molar-refractivity contribution is 5.84. The van der Waals surface area contributed by atoms with Gasteiger partial charge in [-0.3, -0.25) is 0 Å². The Morgan fingerprint density at radius 3 is 2.77 bits per heavy atom. The summed E-state index contributed by atoms with van der Waals surface area (Å²) in [6, 6.07) is 4.68. The highest BCUT2D eigenvalue weighted by Gasteiger charge is 2.04. The van der Waals surface area contributed by atoms with E-state index < -0.39 is 5.97 Å². The fraction of sp³-hybridized carbons (Fsp3) is 0. The smallest absolute Gasteiger partial charge is 0.335 e. The summed E-state index contributed by atoms with van der Waals surface area (Å²) in [6.45, 7) is 3.26. The van der Waals surface area contributed by atoms with Crippen LogP contribution < -0.4 is 16.2 Å². The van der Waals surface area contributed by atoms with Gasteiger partial charge in [-0.15, -0.1) is 0 Å². The molecular formula is C9H10N2O2. The molecule has 1 rings (SSSR count). The third-order valence-electron chi connectivity index (χ3n) is 1.41. The van der Waals surface area contributed by atoms with E-state index in [4.69, 9.17) is 16.2 Å². The van der Waals surface area contributed by atoms with Gasteiger partial charge in [0.05, 0.1) is 5.69 Å². The lowest BCUT2D eigenvalue weighted by molar-refractivity contribution is -0.128. The number of nitrogen functional groups attached to an aromatic ring is 2. The lowest BCUT2D eigenvalue weighted by atomic mass is 10.2. The summed E-state index contributed by atoms with van der Waals surface area (Å²) in [5.41, 5.74) is 11.8. The number of ether oxygens (including phenoxy) is 1. The fourth-order valence-corrected chi connectivity index (χ4v) is 0.789.